The molecule has 2 atom stereocenters. The quantitative estimate of drug-likeness (QED) is 0.825. The number of methoxy groups -OCH3 is 1. The second-order valence-electron chi connectivity index (χ2n) is 8.07. The van der Waals surface area contributed by atoms with Gasteiger partial charge in [-0.25, -0.2) is 0 Å². The third-order valence-corrected chi connectivity index (χ3v) is 6.32. The molecule has 0 radical (unpaired) electrons. The van der Waals surface area contributed by atoms with E-state index < -0.39 is 0 Å². The van der Waals surface area contributed by atoms with Crippen LogP contribution in [0.5, 0.6) is 11.5 Å². The summed E-state index contributed by atoms with van der Waals surface area (Å²) in [6.45, 7) is 0. The normalized spacial score (nSPS) is 27.1. The number of hydrogen-bond donors (Lipinski definition) is 1. The van der Waals surface area contributed by atoms with Crippen LogP contribution >= 0.6 is 12.4 Å². The van der Waals surface area contributed by atoms with Crippen LogP contribution in [0.25, 0.3) is 0 Å². The molecule has 3 aliphatic rings. The van der Waals surface area contributed by atoms with E-state index in [0.717, 1.165) is 31.4 Å². The second kappa shape index (κ2) is 8.70. The molecule has 2 bridgehead atoms. The number of ether oxygens (including phenoxy) is 2. The van der Waals surface area contributed by atoms with Gasteiger partial charge in [0, 0.05) is 30.7 Å². The molecule has 4 rings (SSSR count). The maximum absolute atomic E-state index is 13.0. The highest BCUT2D eigenvalue weighted by Crippen LogP contribution is 2.34. The lowest BCUT2D eigenvalue weighted by molar-refractivity contribution is 0.0681. The predicted octanol–water partition coefficient (Wildman–Crippen LogP) is 3.79. The van der Waals surface area contributed by atoms with Crippen LogP contribution in [0, 0.1) is 0 Å². The lowest BCUT2D eigenvalue weighted by Crippen LogP contribution is -2.48. The Morgan fingerprint density at radius 3 is 2.37 bits per heavy atom. The minimum absolute atomic E-state index is 0. The number of nitrogens with one attached hydrogen (secondary N) is 1. The molecular weight excluding hydrogens is 364 g/mol. The number of piperidine rings is 1. The van der Waals surface area contributed by atoms with E-state index in [9.17, 15) is 4.79 Å². The molecule has 2 saturated heterocycles. The standard InChI is InChI=1S/C21H30N2O3.ClH/c1-23(17-12-15-8-9-16(13-17)22-15)21(24)14-7-10-19(20(11-14)25-2)26-18-5-3-4-6-18;/h7,10-11,15-18,22H,3-6,8-9,12-13H2,1-2H3;1H. The lowest BCUT2D eigenvalue weighted by atomic mass is 9.98. The van der Waals surface area contributed by atoms with Gasteiger partial charge >= 0.3 is 0 Å². The Morgan fingerprint density at radius 1 is 1.07 bits per heavy atom. The van der Waals surface area contributed by atoms with Gasteiger partial charge in [0.1, 0.15) is 0 Å². The Bertz CT molecular complexity index is 651. The van der Waals surface area contributed by atoms with Crippen molar-refractivity contribution in [2.75, 3.05) is 14.2 Å². The molecule has 1 aromatic carbocycles. The van der Waals surface area contributed by atoms with Gasteiger partial charge in [-0.05, 0) is 69.6 Å². The minimum atomic E-state index is 0. The van der Waals surface area contributed by atoms with Crippen LogP contribution in [0.1, 0.15) is 61.7 Å². The predicted molar refractivity (Wildman–Crippen MR) is 108 cm³/mol. The van der Waals surface area contributed by atoms with Gasteiger partial charge in [-0.2, -0.15) is 0 Å². The first kappa shape index (κ1) is 20.3. The van der Waals surface area contributed by atoms with Crippen molar-refractivity contribution in [1.82, 2.24) is 10.2 Å². The van der Waals surface area contributed by atoms with Crippen molar-refractivity contribution < 1.29 is 14.3 Å². The molecule has 2 aliphatic heterocycles. The summed E-state index contributed by atoms with van der Waals surface area (Å²) in [5.74, 6) is 1.47. The van der Waals surface area contributed by atoms with Gasteiger partial charge in [0.2, 0.25) is 0 Å². The molecule has 150 valence electrons. The van der Waals surface area contributed by atoms with Crippen molar-refractivity contribution in [2.45, 2.75) is 75.6 Å². The Balaban J connectivity index is 0.00000210. The highest BCUT2D eigenvalue weighted by Gasteiger charge is 2.36. The molecule has 27 heavy (non-hydrogen) atoms. The fourth-order valence-electron chi connectivity index (χ4n) is 4.80. The van der Waals surface area contributed by atoms with Crippen LogP contribution in [0.3, 0.4) is 0 Å². The zero-order valence-electron chi connectivity index (χ0n) is 16.3. The average Bonchev–Trinajstić information content (AvgIpc) is 3.30. The van der Waals surface area contributed by atoms with E-state index in [1.807, 2.05) is 30.1 Å². The van der Waals surface area contributed by atoms with Crippen molar-refractivity contribution in [1.29, 1.82) is 0 Å². The highest BCUT2D eigenvalue weighted by molar-refractivity contribution is 5.95. The SMILES string of the molecule is COc1cc(C(=O)N(C)C2CC3CCC(C2)N3)ccc1OC1CCCC1.Cl. The Hall–Kier alpha value is -1.46. The summed E-state index contributed by atoms with van der Waals surface area (Å²) in [4.78, 5) is 14.9. The molecule has 1 aromatic rings. The molecule has 6 heteroatoms. The molecule has 0 aromatic heterocycles. The van der Waals surface area contributed by atoms with E-state index in [1.54, 1.807) is 7.11 Å². The van der Waals surface area contributed by atoms with E-state index in [-0.39, 0.29) is 24.4 Å². The van der Waals surface area contributed by atoms with Crippen LogP contribution < -0.4 is 14.8 Å². The maximum atomic E-state index is 13.0. The zero-order chi connectivity index (χ0) is 18.1. The van der Waals surface area contributed by atoms with Crippen molar-refractivity contribution in [2.24, 2.45) is 0 Å². The smallest absolute Gasteiger partial charge is 0.253 e. The van der Waals surface area contributed by atoms with Gasteiger partial charge in [-0.3, -0.25) is 4.79 Å². The number of rotatable bonds is 5. The summed E-state index contributed by atoms with van der Waals surface area (Å²) in [5.41, 5.74) is 0.675. The van der Waals surface area contributed by atoms with E-state index in [4.69, 9.17) is 9.47 Å². The van der Waals surface area contributed by atoms with Crippen LogP contribution in [-0.2, 0) is 0 Å². The van der Waals surface area contributed by atoms with E-state index in [1.165, 1.54) is 25.7 Å². The molecule has 1 amide bonds. The number of benzene rings is 1. The molecule has 0 spiro atoms. The van der Waals surface area contributed by atoms with Crippen LogP contribution in [0.2, 0.25) is 0 Å². The summed E-state index contributed by atoms with van der Waals surface area (Å²) >= 11 is 0. The number of carbonyl (C=O) groups excluding carboxylic acids is 1. The Labute approximate surface area is 168 Å². The summed E-state index contributed by atoms with van der Waals surface area (Å²) in [5, 5.41) is 3.64. The first-order chi connectivity index (χ1) is 12.6. The largest absolute Gasteiger partial charge is 0.493 e. The summed E-state index contributed by atoms with van der Waals surface area (Å²) in [6.07, 6.45) is 9.53. The maximum Gasteiger partial charge on any atom is 0.253 e. The molecule has 1 aliphatic carbocycles. The monoisotopic (exact) mass is 394 g/mol. The van der Waals surface area contributed by atoms with Gasteiger partial charge < -0.3 is 19.7 Å². The van der Waals surface area contributed by atoms with E-state index >= 15 is 0 Å². The fourth-order valence-corrected chi connectivity index (χ4v) is 4.80. The average molecular weight is 395 g/mol. The number of fused-ring (bicyclic) bond motifs is 2. The first-order valence-corrected chi connectivity index (χ1v) is 10.0. The third-order valence-electron chi connectivity index (χ3n) is 6.32. The van der Waals surface area contributed by atoms with Crippen molar-refractivity contribution in [3.8, 4) is 11.5 Å². The van der Waals surface area contributed by atoms with Gasteiger partial charge in [0.15, 0.2) is 11.5 Å². The molecule has 1 N–H and O–H groups in total. The molecule has 2 unspecified atom stereocenters. The number of nitrogens with zero attached hydrogens (tertiary/aromatic N) is 1. The number of halogens is 1. The number of carbonyl (C=O) groups is 1. The van der Waals surface area contributed by atoms with Gasteiger partial charge in [0.25, 0.3) is 5.91 Å². The van der Waals surface area contributed by atoms with Crippen LogP contribution in [0.4, 0.5) is 0 Å². The molecular formula is C21H31ClN2O3. The topological polar surface area (TPSA) is 50.8 Å². The van der Waals surface area contributed by atoms with Crippen LogP contribution in [-0.4, -0.2) is 49.2 Å². The summed E-state index contributed by atoms with van der Waals surface area (Å²) < 4.78 is 11.6. The lowest BCUT2D eigenvalue weighted by Gasteiger charge is -2.35. The molecule has 2 heterocycles. The Morgan fingerprint density at radius 2 is 1.74 bits per heavy atom. The van der Waals surface area contributed by atoms with Crippen molar-refractivity contribution >= 4 is 18.3 Å². The Kier molecular flexibility index (Phi) is 6.53. The molecule has 1 saturated carbocycles. The number of amides is 1. The zero-order valence-corrected chi connectivity index (χ0v) is 17.1. The molecule has 5 nitrogen and oxygen atoms in total. The fraction of sp³-hybridized carbons (Fsp3) is 0.667. The van der Waals surface area contributed by atoms with Crippen molar-refractivity contribution in [3.05, 3.63) is 23.8 Å². The van der Waals surface area contributed by atoms with Crippen molar-refractivity contribution in [3.63, 3.8) is 0 Å². The van der Waals surface area contributed by atoms with E-state index in [0.29, 0.717) is 29.4 Å². The first-order valence-electron chi connectivity index (χ1n) is 10.0. The minimum Gasteiger partial charge on any atom is -0.493 e. The summed E-state index contributed by atoms with van der Waals surface area (Å²) in [7, 11) is 3.58. The van der Waals surface area contributed by atoms with Gasteiger partial charge in [0.05, 0.1) is 13.2 Å². The van der Waals surface area contributed by atoms with Crippen LogP contribution in [0.15, 0.2) is 18.2 Å². The van der Waals surface area contributed by atoms with E-state index in [2.05, 4.69) is 5.32 Å². The van der Waals surface area contributed by atoms with Gasteiger partial charge in [-0.1, -0.05) is 0 Å². The summed E-state index contributed by atoms with van der Waals surface area (Å²) in [6, 6.07) is 7.07. The highest BCUT2D eigenvalue weighted by atomic mass is 35.5. The van der Waals surface area contributed by atoms with Gasteiger partial charge in [-0.15, -0.1) is 12.4 Å². The molecule has 3 fully saturated rings. The second-order valence-corrected chi connectivity index (χ2v) is 8.07. The third kappa shape index (κ3) is 4.35. The number of hydrogen-bond acceptors (Lipinski definition) is 4.